The fourth-order valence-electron chi connectivity index (χ4n) is 1.23. The normalized spacial score (nSPS) is 14.7. The maximum Gasteiger partial charge on any atom is 0.239 e. The predicted octanol–water partition coefficient (Wildman–Crippen LogP) is 0.476. The molecule has 0 bridgehead atoms. The van der Waals surface area contributed by atoms with E-state index in [-0.39, 0.29) is 12.5 Å². The van der Waals surface area contributed by atoms with Crippen LogP contribution in [0.25, 0.3) is 0 Å². The molecule has 1 aliphatic carbocycles. The average molecular weight is 206 g/mol. The van der Waals surface area contributed by atoms with Gasteiger partial charge in [0, 0.05) is 12.2 Å². The fourth-order valence-corrected chi connectivity index (χ4v) is 1.23. The minimum absolute atomic E-state index is 0.0220. The van der Waals surface area contributed by atoms with Crippen molar-refractivity contribution in [2.24, 2.45) is 0 Å². The van der Waals surface area contributed by atoms with Crippen LogP contribution in [0.4, 0.5) is 5.82 Å². The molecule has 1 fully saturated rings. The van der Waals surface area contributed by atoms with E-state index in [0.29, 0.717) is 17.7 Å². The summed E-state index contributed by atoms with van der Waals surface area (Å²) >= 11 is 0. The van der Waals surface area contributed by atoms with Crippen LogP contribution in [0.3, 0.4) is 0 Å². The molecule has 0 aliphatic heterocycles. The van der Waals surface area contributed by atoms with E-state index in [9.17, 15) is 4.79 Å². The van der Waals surface area contributed by atoms with E-state index in [0.717, 1.165) is 12.8 Å². The van der Waals surface area contributed by atoms with Crippen molar-refractivity contribution in [3.05, 3.63) is 18.1 Å². The molecule has 0 aromatic carbocycles. The van der Waals surface area contributed by atoms with Crippen molar-refractivity contribution in [2.45, 2.75) is 25.8 Å². The number of rotatable bonds is 4. The molecule has 0 spiro atoms. The molecule has 2 N–H and O–H groups in total. The highest BCUT2D eigenvalue weighted by atomic mass is 16.2. The second kappa shape index (κ2) is 4.25. The minimum Gasteiger partial charge on any atom is -0.361 e. The van der Waals surface area contributed by atoms with Crippen molar-refractivity contribution >= 4 is 11.7 Å². The van der Waals surface area contributed by atoms with Crippen LogP contribution in [0.5, 0.6) is 0 Å². The molecule has 0 unspecified atom stereocenters. The van der Waals surface area contributed by atoms with Gasteiger partial charge < -0.3 is 10.6 Å². The third-order valence-corrected chi connectivity index (χ3v) is 2.15. The number of amides is 1. The molecule has 80 valence electrons. The van der Waals surface area contributed by atoms with Gasteiger partial charge in [0.2, 0.25) is 5.91 Å². The van der Waals surface area contributed by atoms with Crippen molar-refractivity contribution in [3.8, 4) is 0 Å². The highest BCUT2D eigenvalue weighted by Crippen LogP contribution is 2.18. The first kappa shape index (κ1) is 9.89. The van der Waals surface area contributed by atoms with Crippen LogP contribution in [0, 0.1) is 6.92 Å². The Hall–Kier alpha value is -1.65. The summed E-state index contributed by atoms with van der Waals surface area (Å²) in [6, 6.07) is 2.16. The van der Waals surface area contributed by atoms with E-state index in [1.54, 1.807) is 12.3 Å². The second-order valence-electron chi connectivity index (χ2n) is 3.68. The number of carbonyl (C=O) groups is 1. The van der Waals surface area contributed by atoms with Crippen molar-refractivity contribution in [3.63, 3.8) is 0 Å². The van der Waals surface area contributed by atoms with Crippen LogP contribution in [0.1, 0.15) is 18.7 Å². The largest absolute Gasteiger partial charge is 0.361 e. The second-order valence-corrected chi connectivity index (χ2v) is 3.68. The van der Waals surface area contributed by atoms with Gasteiger partial charge >= 0.3 is 0 Å². The molecule has 5 nitrogen and oxygen atoms in total. The van der Waals surface area contributed by atoms with Gasteiger partial charge in [-0.05, 0) is 25.8 Å². The van der Waals surface area contributed by atoms with Gasteiger partial charge in [-0.2, -0.15) is 0 Å². The topological polar surface area (TPSA) is 66.9 Å². The molecule has 1 heterocycles. The smallest absolute Gasteiger partial charge is 0.239 e. The summed E-state index contributed by atoms with van der Waals surface area (Å²) in [4.78, 5) is 19.4. The van der Waals surface area contributed by atoms with Crippen LogP contribution in [0.15, 0.2) is 12.3 Å². The molecule has 1 saturated carbocycles. The summed E-state index contributed by atoms with van der Waals surface area (Å²) in [6.07, 6.45) is 3.89. The number of hydrogen-bond acceptors (Lipinski definition) is 4. The zero-order valence-corrected chi connectivity index (χ0v) is 8.66. The summed E-state index contributed by atoms with van der Waals surface area (Å²) in [7, 11) is 0. The van der Waals surface area contributed by atoms with Crippen molar-refractivity contribution < 1.29 is 4.79 Å². The van der Waals surface area contributed by atoms with Gasteiger partial charge in [0.15, 0.2) is 0 Å². The number of nitrogens with one attached hydrogen (secondary N) is 2. The zero-order valence-electron chi connectivity index (χ0n) is 8.66. The molecular formula is C10H14N4O. The first-order valence-electron chi connectivity index (χ1n) is 5.07. The Bertz CT molecular complexity index is 362. The van der Waals surface area contributed by atoms with E-state index >= 15 is 0 Å². The quantitative estimate of drug-likeness (QED) is 0.751. The van der Waals surface area contributed by atoms with Crippen molar-refractivity contribution in [2.75, 3.05) is 11.9 Å². The maximum absolute atomic E-state index is 11.3. The Morgan fingerprint density at radius 1 is 1.60 bits per heavy atom. The van der Waals surface area contributed by atoms with Crippen LogP contribution in [-0.2, 0) is 4.79 Å². The molecule has 1 aromatic heterocycles. The van der Waals surface area contributed by atoms with Crippen LogP contribution < -0.4 is 10.6 Å². The lowest BCUT2D eigenvalue weighted by molar-refractivity contribution is -0.119. The van der Waals surface area contributed by atoms with Crippen molar-refractivity contribution in [1.29, 1.82) is 0 Å². The van der Waals surface area contributed by atoms with Gasteiger partial charge in [-0.3, -0.25) is 4.79 Å². The van der Waals surface area contributed by atoms with E-state index in [4.69, 9.17) is 0 Å². The third kappa shape index (κ3) is 3.19. The number of aryl methyl sites for hydroxylation is 1. The van der Waals surface area contributed by atoms with Crippen LogP contribution in [0.2, 0.25) is 0 Å². The van der Waals surface area contributed by atoms with Gasteiger partial charge in [-0.1, -0.05) is 0 Å². The number of hydrogen-bond donors (Lipinski definition) is 2. The maximum atomic E-state index is 11.3. The SMILES string of the molecule is Cc1nccc(NCC(=O)NC2CC2)n1. The summed E-state index contributed by atoms with van der Waals surface area (Å²) in [5.41, 5.74) is 0. The monoisotopic (exact) mass is 206 g/mol. The molecule has 5 heteroatoms. The molecule has 1 aliphatic rings. The zero-order chi connectivity index (χ0) is 10.7. The first-order valence-corrected chi connectivity index (χ1v) is 5.07. The molecule has 0 radical (unpaired) electrons. The van der Waals surface area contributed by atoms with E-state index in [2.05, 4.69) is 20.6 Å². The van der Waals surface area contributed by atoms with E-state index < -0.39 is 0 Å². The van der Waals surface area contributed by atoms with Crippen LogP contribution >= 0.6 is 0 Å². The van der Waals surface area contributed by atoms with Crippen LogP contribution in [-0.4, -0.2) is 28.5 Å². The summed E-state index contributed by atoms with van der Waals surface area (Å²) in [5.74, 6) is 1.41. The molecule has 15 heavy (non-hydrogen) atoms. The standard InChI is InChI=1S/C10H14N4O/c1-7-11-5-4-9(13-7)12-6-10(15)14-8-2-3-8/h4-5,8H,2-3,6H2,1H3,(H,14,15)(H,11,12,13). The predicted molar refractivity (Wildman–Crippen MR) is 56.4 cm³/mol. The molecular weight excluding hydrogens is 192 g/mol. The lowest BCUT2D eigenvalue weighted by atomic mass is 10.5. The average Bonchev–Trinajstić information content (AvgIpc) is 2.99. The van der Waals surface area contributed by atoms with Gasteiger partial charge in [0.1, 0.15) is 11.6 Å². The number of carbonyl (C=O) groups excluding carboxylic acids is 1. The van der Waals surface area contributed by atoms with Gasteiger partial charge in [-0.15, -0.1) is 0 Å². The third-order valence-electron chi connectivity index (χ3n) is 2.15. The molecule has 1 amide bonds. The van der Waals surface area contributed by atoms with Crippen molar-refractivity contribution in [1.82, 2.24) is 15.3 Å². The molecule has 1 aromatic rings. The Kier molecular flexibility index (Phi) is 2.80. The van der Waals surface area contributed by atoms with E-state index in [1.165, 1.54) is 0 Å². The molecule has 2 rings (SSSR count). The van der Waals surface area contributed by atoms with Gasteiger partial charge in [-0.25, -0.2) is 9.97 Å². The fraction of sp³-hybridized carbons (Fsp3) is 0.500. The Balaban J connectivity index is 1.78. The number of anilines is 1. The Morgan fingerprint density at radius 3 is 3.07 bits per heavy atom. The lowest BCUT2D eigenvalue weighted by Gasteiger charge is -2.05. The van der Waals surface area contributed by atoms with Gasteiger partial charge in [0.25, 0.3) is 0 Å². The number of aromatic nitrogens is 2. The molecule has 0 atom stereocenters. The Labute approximate surface area is 88.3 Å². The summed E-state index contributed by atoms with van der Waals surface area (Å²) < 4.78 is 0. The highest BCUT2D eigenvalue weighted by Gasteiger charge is 2.22. The minimum atomic E-state index is 0.0220. The number of nitrogens with zero attached hydrogens (tertiary/aromatic N) is 2. The summed E-state index contributed by atoms with van der Waals surface area (Å²) in [5, 5.41) is 5.85. The lowest BCUT2D eigenvalue weighted by Crippen LogP contribution is -2.31. The van der Waals surface area contributed by atoms with E-state index in [1.807, 2.05) is 6.92 Å². The first-order chi connectivity index (χ1) is 7.24. The molecule has 0 saturated heterocycles. The highest BCUT2D eigenvalue weighted by molar-refractivity contribution is 5.80. The van der Waals surface area contributed by atoms with Gasteiger partial charge in [0.05, 0.1) is 6.54 Å². The Morgan fingerprint density at radius 2 is 2.40 bits per heavy atom. The summed E-state index contributed by atoms with van der Waals surface area (Å²) in [6.45, 7) is 2.09.